The maximum atomic E-state index is 9.27. The van der Waals surface area contributed by atoms with Crippen molar-refractivity contribution in [3.05, 3.63) is 23.0 Å². The standard InChI is InChI=1S/C13H17N3S/c1-10-8-13(12(9-14)11(2)15-10)16-4-3-6-17-7-5-16/h8H,3-7H2,1-2H3. The van der Waals surface area contributed by atoms with E-state index in [2.05, 4.69) is 16.0 Å². The van der Waals surface area contributed by atoms with Gasteiger partial charge in [-0.15, -0.1) is 0 Å². The number of nitrogens with zero attached hydrogens (tertiary/aromatic N) is 3. The highest BCUT2D eigenvalue weighted by Gasteiger charge is 2.16. The number of aromatic nitrogens is 1. The van der Waals surface area contributed by atoms with E-state index in [1.54, 1.807) is 0 Å². The van der Waals surface area contributed by atoms with Crippen molar-refractivity contribution >= 4 is 17.4 Å². The number of rotatable bonds is 1. The minimum absolute atomic E-state index is 0.738. The van der Waals surface area contributed by atoms with Gasteiger partial charge in [-0.2, -0.15) is 17.0 Å². The van der Waals surface area contributed by atoms with Crippen LogP contribution in [0.4, 0.5) is 5.69 Å². The largest absolute Gasteiger partial charge is 0.370 e. The lowest BCUT2D eigenvalue weighted by Gasteiger charge is -2.24. The van der Waals surface area contributed by atoms with Gasteiger partial charge in [-0.25, -0.2) is 0 Å². The molecule has 1 fully saturated rings. The Morgan fingerprint density at radius 1 is 1.35 bits per heavy atom. The molecule has 1 aromatic heterocycles. The quantitative estimate of drug-likeness (QED) is 0.764. The number of anilines is 1. The molecule has 2 rings (SSSR count). The van der Waals surface area contributed by atoms with E-state index in [0.29, 0.717) is 0 Å². The first kappa shape index (κ1) is 12.3. The topological polar surface area (TPSA) is 39.9 Å². The van der Waals surface area contributed by atoms with E-state index in [1.165, 1.54) is 12.2 Å². The molecule has 0 spiro atoms. The van der Waals surface area contributed by atoms with Crippen molar-refractivity contribution in [2.24, 2.45) is 0 Å². The van der Waals surface area contributed by atoms with Gasteiger partial charge in [-0.05, 0) is 32.1 Å². The van der Waals surface area contributed by atoms with E-state index in [4.69, 9.17) is 0 Å². The summed E-state index contributed by atoms with van der Waals surface area (Å²) in [6, 6.07) is 4.34. The van der Waals surface area contributed by atoms with Crippen LogP contribution in [0.3, 0.4) is 0 Å². The molecule has 4 heteroatoms. The Morgan fingerprint density at radius 2 is 2.18 bits per heavy atom. The third-order valence-corrected chi connectivity index (χ3v) is 4.03. The van der Waals surface area contributed by atoms with Crippen molar-refractivity contribution in [2.75, 3.05) is 29.5 Å². The lowest BCUT2D eigenvalue weighted by molar-refractivity contribution is 0.811. The van der Waals surface area contributed by atoms with Crippen molar-refractivity contribution in [3.63, 3.8) is 0 Å². The van der Waals surface area contributed by atoms with Crippen molar-refractivity contribution < 1.29 is 0 Å². The van der Waals surface area contributed by atoms with Gasteiger partial charge in [-0.1, -0.05) is 0 Å². The third-order valence-electron chi connectivity index (χ3n) is 2.98. The second-order valence-corrected chi connectivity index (χ2v) is 5.53. The zero-order valence-electron chi connectivity index (χ0n) is 10.4. The number of pyridine rings is 1. The molecule has 3 nitrogen and oxygen atoms in total. The summed E-state index contributed by atoms with van der Waals surface area (Å²) in [4.78, 5) is 6.70. The summed E-state index contributed by atoms with van der Waals surface area (Å²) in [6.07, 6.45) is 1.19. The molecule has 0 aliphatic carbocycles. The summed E-state index contributed by atoms with van der Waals surface area (Å²) in [6.45, 7) is 5.98. The van der Waals surface area contributed by atoms with Crippen LogP contribution in [0, 0.1) is 25.2 Å². The lowest BCUT2D eigenvalue weighted by Crippen LogP contribution is -2.26. The highest BCUT2D eigenvalue weighted by atomic mass is 32.2. The number of thioether (sulfide) groups is 1. The SMILES string of the molecule is Cc1cc(N2CCCSCC2)c(C#N)c(C)n1. The van der Waals surface area contributed by atoms with Gasteiger partial charge in [0.2, 0.25) is 0 Å². The van der Waals surface area contributed by atoms with Crippen LogP contribution in [-0.2, 0) is 0 Å². The molecule has 0 atom stereocenters. The molecule has 0 N–H and O–H groups in total. The average molecular weight is 247 g/mol. The van der Waals surface area contributed by atoms with Gasteiger partial charge in [-0.3, -0.25) is 4.98 Å². The van der Waals surface area contributed by atoms with Crippen molar-refractivity contribution in [3.8, 4) is 6.07 Å². The van der Waals surface area contributed by atoms with E-state index in [1.807, 2.05) is 31.7 Å². The van der Waals surface area contributed by atoms with E-state index >= 15 is 0 Å². The Kier molecular flexibility index (Phi) is 3.90. The van der Waals surface area contributed by atoms with Crippen LogP contribution < -0.4 is 4.90 Å². The van der Waals surface area contributed by atoms with Crippen LogP contribution in [0.5, 0.6) is 0 Å². The van der Waals surface area contributed by atoms with Crippen LogP contribution in [0.25, 0.3) is 0 Å². The monoisotopic (exact) mass is 247 g/mol. The van der Waals surface area contributed by atoms with Crippen LogP contribution in [-0.4, -0.2) is 29.6 Å². The van der Waals surface area contributed by atoms with E-state index < -0.39 is 0 Å². The van der Waals surface area contributed by atoms with Crippen molar-refractivity contribution in [1.82, 2.24) is 4.98 Å². The molecule has 0 aromatic carbocycles. The van der Waals surface area contributed by atoms with Crippen LogP contribution in [0.1, 0.15) is 23.4 Å². The Balaban J connectivity index is 2.39. The zero-order chi connectivity index (χ0) is 12.3. The molecule has 2 heterocycles. The number of nitriles is 1. The van der Waals surface area contributed by atoms with E-state index in [9.17, 15) is 5.26 Å². The molecule has 1 aliphatic rings. The number of hydrogen-bond acceptors (Lipinski definition) is 4. The predicted octanol–water partition coefficient (Wildman–Crippen LogP) is 2.51. The maximum absolute atomic E-state index is 9.27. The second kappa shape index (κ2) is 5.42. The molecular weight excluding hydrogens is 230 g/mol. The molecule has 0 saturated carbocycles. The van der Waals surface area contributed by atoms with Crippen LogP contribution in [0.2, 0.25) is 0 Å². The Bertz CT molecular complexity index is 443. The van der Waals surface area contributed by atoms with E-state index in [-0.39, 0.29) is 0 Å². The summed E-state index contributed by atoms with van der Waals surface area (Å²) < 4.78 is 0. The molecule has 1 aliphatic heterocycles. The summed E-state index contributed by atoms with van der Waals surface area (Å²) in [5.74, 6) is 2.37. The molecule has 1 aromatic rings. The fourth-order valence-corrected chi connectivity index (χ4v) is 3.07. The number of hydrogen-bond donors (Lipinski definition) is 0. The highest BCUT2D eigenvalue weighted by Crippen LogP contribution is 2.25. The molecule has 17 heavy (non-hydrogen) atoms. The highest BCUT2D eigenvalue weighted by molar-refractivity contribution is 7.99. The second-order valence-electron chi connectivity index (χ2n) is 4.31. The van der Waals surface area contributed by atoms with Gasteiger partial charge in [0.15, 0.2) is 0 Å². The van der Waals surface area contributed by atoms with Gasteiger partial charge in [0.25, 0.3) is 0 Å². The lowest BCUT2D eigenvalue weighted by atomic mass is 10.1. The van der Waals surface area contributed by atoms with Crippen molar-refractivity contribution in [1.29, 1.82) is 5.26 Å². The fraction of sp³-hybridized carbons (Fsp3) is 0.538. The van der Waals surface area contributed by atoms with E-state index in [0.717, 1.165) is 41.5 Å². The molecule has 0 amide bonds. The first-order valence-corrected chi connectivity index (χ1v) is 7.09. The Labute approximate surface area is 107 Å². The third kappa shape index (κ3) is 2.73. The summed E-state index contributed by atoms with van der Waals surface area (Å²) in [7, 11) is 0. The molecule has 1 saturated heterocycles. The molecule has 0 radical (unpaired) electrons. The van der Waals surface area contributed by atoms with Crippen LogP contribution in [0.15, 0.2) is 6.07 Å². The average Bonchev–Trinajstić information content (AvgIpc) is 2.56. The fourth-order valence-electron chi connectivity index (χ4n) is 2.18. The molecule has 0 unspecified atom stereocenters. The van der Waals surface area contributed by atoms with Crippen molar-refractivity contribution in [2.45, 2.75) is 20.3 Å². The Hall–Kier alpha value is -1.21. The normalized spacial score (nSPS) is 16.4. The van der Waals surface area contributed by atoms with Gasteiger partial charge in [0.05, 0.1) is 16.9 Å². The summed E-state index contributed by atoms with van der Waals surface area (Å²) in [5, 5.41) is 9.27. The maximum Gasteiger partial charge on any atom is 0.103 e. The minimum Gasteiger partial charge on any atom is -0.370 e. The predicted molar refractivity (Wildman–Crippen MR) is 72.6 cm³/mol. The summed E-state index contributed by atoms with van der Waals surface area (Å²) >= 11 is 2.00. The van der Waals surface area contributed by atoms with Gasteiger partial charge in [0.1, 0.15) is 6.07 Å². The zero-order valence-corrected chi connectivity index (χ0v) is 11.2. The molecule has 0 bridgehead atoms. The van der Waals surface area contributed by atoms with Gasteiger partial charge in [0, 0.05) is 24.5 Å². The first-order chi connectivity index (χ1) is 8.22. The summed E-state index contributed by atoms with van der Waals surface area (Å²) in [5.41, 5.74) is 3.65. The van der Waals surface area contributed by atoms with Gasteiger partial charge < -0.3 is 4.90 Å². The molecule has 90 valence electrons. The minimum atomic E-state index is 0.738. The Morgan fingerprint density at radius 3 is 2.94 bits per heavy atom. The first-order valence-electron chi connectivity index (χ1n) is 5.93. The van der Waals surface area contributed by atoms with Crippen LogP contribution >= 0.6 is 11.8 Å². The smallest absolute Gasteiger partial charge is 0.103 e. The van der Waals surface area contributed by atoms with Gasteiger partial charge >= 0.3 is 0 Å². The molecular formula is C13H17N3S. The number of aryl methyl sites for hydroxylation is 2.